The second-order valence-corrected chi connectivity index (χ2v) is 29.4. The van der Waals surface area contributed by atoms with Crippen LogP contribution in [-0.4, -0.2) is 128 Å². The maximum Gasteiger partial charge on any atom is 0.248 e. The van der Waals surface area contributed by atoms with E-state index in [4.69, 9.17) is 14.6 Å². The van der Waals surface area contributed by atoms with Gasteiger partial charge in [0.2, 0.25) is 5.92 Å². The molecule has 13 heteroatoms. The molecule has 2 saturated heterocycles. The van der Waals surface area contributed by atoms with Crippen molar-refractivity contribution in [1.82, 2.24) is 0 Å². The maximum atomic E-state index is 13.4. The summed E-state index contributed by atoms with van der Waals surface area (Å²) >= 11 is 0. The second kappa shape index (κ2) is 40.0. The fraction of sp³-hybridized carbons (Fsp3) is 1.00. The minimum absolute atomic E-state index is 0.00463. The van der Waals surface area contributed by atoms with Crippen LogP contribution in [0.1, 0.15) is 253 Å². The molecule has 486 valence electrons. The minimum atomic E-state index is -2.55. The van der Waals surface area contributed by atoms with Gasteiger partial charge in [0.1, 0.15) is 5.67 Å². The van der Waals surface area contributed by atoms with Crippen LogP contribution in [0.4, 0.5) is 13.2 Å². The summed E-state index contributed by atoms with van der Waals surface area (Å²) in [6, 6.07) is 0. The molecule has 0 aromatic heterocycles. The Labute approximate surface area is 495 Å². The smallest absolute Gasteiger partial charge is 0.248 e. The normalized spacial score (nSPS) is 36.6. The monoisotopic (exact) mass is 1170 g/mol. The number of alkyl halides is 3. The molecule has 8 rings (SSSR count). The summed E-state index contributed by atoms with van der Waals surface area (Å²) in [5, 5.41) is 75.5. The Morgan fingerprint density at radius 2 is 0.630 bits per heavy atom. The molecule has 0 aromatic carbocycles. The lowest BCUT2D eigenvalue weighted by molar-refractivity contribution is -0.101. The minimum Gasteiger partial charge on any atom is -0.393 e. The van der Waals surface area contributed by atoms with Crippen molar-refractivity contribution in [3.05, 3.63) is 0 Å². The molecule has 1 unspecified atom stereocenters. The average Bonchev–Trinajstić information content (AvgIpc) is 3.81. The zero-order valence-electron chi connectivity index (χ0n) is 55.1. The van der Waals surface area contributed by atoms with Gasteiger partial charge in [-0.05, 0) is 179 Å². The number of halogens is 3. The van der Waals surface area contributed by atoms with Crippen molar-refractivity contribution in [2.75, 3.05) is 26.4 Å². The number of ether oxygens (including phenoxy) is 2. The van der Waals surface area contributed by atoms with Crippen molar-refractivity contribution in [1.29, 1.82) is 0 Å². The Morgan fingerprint density at radius 1 is 0.296 bits per heavy atom. The Morgan fingerprint density at radius 3 is 0.926 bits per heavy atom. The molecule has 0 amide bonds. The summed E-state index contributed by atoms with van der Waals surface area (Å²) in [5.41, 5.74) is -1.13. The number of aliphatic hydroxyl groups excluding tert-OH is 8. The van der Waals surface area contributed by atoms with Gasteiger partial charge in [0.25, 0.3) is 0 Å². The molecule has 0 aromatic rings. The van der Waals surface area contributed by atoms with Crippen LogP contribution in [0, 0.1) is 94.7 Å². The van der Waals surface area contributed by atoms with E-state index in [9.17, 15) is 48.9 Å². The predicted molar refractivity (Wildman–Crippen MR) is 328 cm³/mol. The topological polar surface area (TPSA) is 180 Å². The molecule has 81 heavy (non-hydrogen) atoms. The van der Waals surface area contributed by atoms with E-state index in [1.807, 2.05) is 13.8 Å². The van der Waals surface area contributed by atoms with Crippen LogP contribution < -0.4 is 0 Å². The highest BCUT2D eigenvalue weighted by Gasteiger charge is 2.42. The van der Waals surface area contributed by atoms with E-state index >= 15 is 0 Å². The lowest BCUT2D eigenvalue weighted by Gasteiger charge is -2.37. The van der Waals surface area contributed by atoms with Gasteiger partial charge in [-0.3, -0.25) is 0 Å². The zero-order valence-corrected chi connectivity index (χ0v) is 55.1. The van der Waals surface area contributed by atoms with Crippen LogP contribution in [-0.2, 0) is 9.47 Å². The molecule has 8 N–H and O–H groups in total. The molecule has 17 atom stereocenters. The number of hydrogen-bond acceptors (Lipinski definition) is 10. The fourth-order valence-corrected chi connectivity index (χ4v) is 13.7. The van der Waals surface area contributed by atoms with Gasteiger partial charge in [-0.15, -0.1) is 0 Å². The summed E-state index contributed by atoms with van der Waals surface area (Å²) < 4.78 is 49.5. The SMILES string of the molecule is CC(C)[C@@H]1CCOC[C@H]1O.CC(C)[C@H]1CC(F)(F)CC[C@@H]1O.CC(C)[C@H]1CCC(C)(F)C[C@@H]1O.CC(C)[C@H]1CCCC[C@@H]1O.CC(C)[C@H]1CCCC[C@@H]1O.CC(C)[C@H]1CCC[C@@H]1O.CC(C)[C@H]1CC[C@@H]1O.CC(C)[C@H]1COCC[C@@H]1O. The van der Waals surface area contributed by atoms with Crippen LogP contribution >= 0.6 is 0 Å². The number of aliphatic hydroxyl groups is 8. The first-order valence-electron chi connectivity index (χ1n) is 33.3. The zero-order chi connectivity index (χ0) is 61.9. The van der Waals surface area contributed by atoms with Crippen LogP contribution in [0.15, 0.2) is 0 Å². The molecule has 6 saturated carbocycles. The molecule has 2 aliphatic heterocycles. The van der Waals surface area contributed by atoms with Gasteiger partial charge in [0.15, 0.2) is 0 Å². The third-order valence-corrected chi connectivity index (χ3v) is 19.9. The average molecular weight is 1170 g/mol. The first-order valence-corrected chi connectivity index (χ1v) is 33.3. The predicted octanol–water partition coefficient (Wildman–Crippen LogP) is 14.7. The Bertz CT molecular complexity index is 1440. The molecule has 8 fully saturated rings. The van der Waals surface area contributed by atoms with Crippen molar-refractivity contribution >= 4 is 0 Å². The molecule has 10 nitrogen and oxygen atoms in total. The van der Waals surface area contributed by atoms with Crippen molar-refractivity contribution < 1.29 is 63.5 Å². The van der Waals surface area contributed by atoms with Gasteiger partial charge < -0.3 is 50.3 Å². The van der Waals surface area contributed by atoms with Gasteiger partial charge >= 0.3 is 0 Å². The molecule has 0 bridgehead atoms. The molecule has 0 spiro atoms. The Kier molecular flexibility index (Phi) is 38.8. The first-order chi connectivity index (χ1) is 37.6. The van der Waals surface area contributed by atoms with Crippen molar-refractivity contribution in [3.8, 4) is 0 Å². The first kappa shape index (κ1) is 78.4. The summed E-state index contributed by atoms with van der Waals surface area (Å²) in [5.74, 6) is 5.09. The van der Waals surface area contributed by atoms with Crippen LogP contribution in [0.5, 0.6) is 0 Å². The maximum absolute atomic E-state index is 13.4. The second-order valence-electron chi connectivity index (χ2n) is 29.4. The summed E-state index contributed by atoms with van der Waals surface area (Å²) in [7, 11) is 0. The van der Waals surface area contributed by atoms with Crippen molar-refractivity contribution in [3.63, 3.8) is 0 Å². The van der Waals surface area contributed by atoms with E-state index < -0.39 is 23.8 Å². The largest absolute Gasteiger partial charge is 0.393 e. The van der Waals surface area contributed by atoms with E-state index in [0.29, 0.717) is 102 Å². The Hall–Kier alpha value is -0.610. The standard InChI is InChI=1S/C10H19FO.C9H16F2O.2C9H18O.2C8H16O2.C8H16O.C7H14O/c1-7(2)8-4-5-10(3,11)6-9(8)12;1-6(2)7-5-9(10,11)4-3-8(7)12;2*1-7(2)8-5-3-4-6-9(8)10;1-6(2)7-5-10-4-3-8(7)9;1-6(2)7-3-4-10-5-8(7)9;1-6(2)7-4-3-5-8(7)9;1-5(2)6-3-4-7(6)8/h7-9,12H,4-6H2,1-3H3;6-8,12H,3-5H2,1-2H3;2*7-10H,3-6H2,1-2H3;2*6-9H,3-5H2,1-2H3;6-9H,3-5H2,1-2H3;5-8H,3-4H2,1-2H3/t8-,9+,10?;7-,8+;2*8-,9+;3*7-,8+;6-,7+/m11111011/s1. The molecule has 2 heterocycles. The Balaban J connectivity index is 0.000000464. The summed E-state index contributed by atoms with van der Waals surface area (Å²) in [6.07, 6.45) is 17.6. The molecular weight excluding hydrogens is 1030 g/mol. The van der Waals surface area contributed by atoms with E-state index in [0.717, 1.165) is 64.8 Å². The fourth-order valence-electron chi connectivity index (χ4n) is 13.7. The van der Waals surface area contributed by atoms with E-state index in [1.54, 1.807) is 6.92 Å². The van der Waals surface area contributed by atoms with Crippen LogP contribution in [0.2, 0.25) is 0 Å². The van der Waals surface area contributed by atoms with Crippen LogP contribution in [0.3, 0.4) is 0 Å². The van der Waals surface area contributed by atoms with Gasteiger partial charge in [-0.1, -0.05) is 143 Å². The van der Waals surface area contributed by atoms with E-state index in [-0.39, 0.29) is 67.7 Å². The molecular formula is C68H133F3O10. The lowest BCUT2D eigenvalue weighted by atomic mass is 9.74. The molecule has 8 aliphatic rings. The number of hydrogen-bond donors (Lipinski definition) is 8. The quantitative estimate of drug-likeness (QED) is 0.117. The third-order valence-electron chi connectivity index (χ3n) is 19.9. The van der Waals surface area contributed by atoms with E-state index in [2.05, 4.69) is 96.9 Å². The summed E-state index contributed by atoms with van der Waals surface area (Å²) in [4.78, 5) is 0. The highest BCUT2D eigenvalue weighted by atomic mass is 19.3. The van der Waals surface area contributed by atoms with Crippen LogP contribution in [0.25, 0.3) is 0 Å². The summed E-state index contributed by atoms with van der Waals surface area (Å²) in [6.45, 7) is 38.5. The van der Waals surface area contributed by atoms with E-state index in [1.165, 1.54) is 57.8 Å². The molecule has 6 aliphatic carbocycles. The molecule has 0 radical (unpaired) electrons. The van der Waals surface area contributed by atoms with Gasteiger partial charge in [0.05, 0.1) is 62.0 Å². The van der Waals surface area contributed by atoms with Crippen molar-refractivity contribution in [2.45, 2.75) is 313 Å². The van der Waals surface area contributed by atoms with Crippen molar-refractivity contribution in [2.24, 2.45) is 94.7 Å². The lowest BCUT2D eigenvalue weighted by Crippen LogP contribution is -2.39. The highest BCUT2D eigenvalue weighted by molar-refractivity contribution is 4.89. The number of rotatable bonds is 8. The third kappa shape index (κ3) is 30.7. The van der Waals surface area contributed by atoms with Gasteiger partial charge in [-0.2, -0.15) is 0 Å². The van der Waals surface area contributed by atoms with Gasteiger partial charge in [-0.25, -0.2) is 13.2 Å². The highest BCUT2D eigenvalue weighted by Crippen LogP contribution is 2.41. The van der Waals surface area contributed by atoms with Gasteiger partial charge in [0, 0.05) is 38.4 Å².